The zero-order valence-corrected chi connectivity index (χ0v) is 43.3. The number of allylic oxidation sites excluding steroid dienone is 2. The molecule has 0 amide bonds. The van der Waals surface area contributed by atoms with Gasteiger partial charge in [0.05, 0.1) is 10.1 Å². The van der Waals surface area contributed by atoms with Gasteiger partial charge in [-0.2, -0.15) is 0 Å². The summed E-state index contributed by atoms with van der Waals surface area (Å²) in [6, 6.07) is 0. The summed E-state index contributed by atoms with van der Waals surface area (Å²) in [5.41, 5.74) is 5.35. The molecule has 2 nitrogen and oxygen atoms in total. The molecule has 0 aliphatic heterocycles. The van der Waals surface area contributed by atoms with E-state index < -0.39 is 26.4 Å². The monoisotopic (exact) mass is 1060 g/mol. The minimum Gasteiger partial charge on any atom is -0.350 e. The zero-order chi connectivity index (χ0) is 48.3. The lowest BCUT2D eigenvalue weighted by molar-refractivity contribution is -0.221. The molecule has 28 aromatic rings. The van der Waals surface area contributed by atoms with E-state index in [1.54, 1.807) is 327 Å². The minimum absolute atomic E-state index is 0.139. The van der Waals surface area contributed by atoms with Gasteiger partial charge in [0.2, 0.25) is 5.79 Å². The number of ether oxygens (including phenoxy) is 2. The third-order valence-corrected chi connectivity index (χ3v) is 32.1. The van der Waals surface area contributed by atoms with E-state index in [0.717, 1.165) is 0 Å². The van der Waals surface area contributed by atoms with Gasteiger partial charge in [-0.1, -0.05) is 35.4 Å². The average Bonchev–Trinajstić information content (AvgIpc) is 1.45. The first-order chi connectivity index (χ1) is 38.9. The number of alkyl halides is 2. The molecule has 0 aromatic heterocycles. The van der Waals surface area contributed by atoms with Crippen LogP contribution in [0.2, 0.25) is 0 Å². The summed E-state index contributed by atoms with van der Waals surface area (Å²) in [5, 5.41) is 86.8. The van der Waals surface area contributed by atoms with Crippen molar-refractivity contribution in [1.82, 2.24) is 0 Å². The van der Waals surface area contributed by atoms with Gasteiger partial charge in [0.25, 0.3) is 0 Å². The number of rotatable bonds is 2. The van der Waals surface area contributed by atoms with Crippen molar-refractivity contribution in [1.29, 1.82) is 0 Å². The molecule has 2 spiro atoms. The van der Waals surface area contributed by atoms with Crippen LogP contribution in [0.25, 0.3) is 291 Å². The van der Waals surface area contributed by atoms with E-state index in [-0.39, 0.29) is 23.7 Å². The molecule has 37 rings (SSSR count). The molecule has 0 N–H and O–H groups in total. The molecule has 6 atom stereocenters. The van der Waals surface area contributed by atoms with Gasteiger partial charge in [0.1, 0.15) is 9.75 Å². The normalized spacial score (nSPS) is 29.0. The van der Waals surface area contributed by atoms with Gasteiger partial charge >= 0.3 is 0 Å². The fourth-order valence-corrected chi connectivity index (χ4v) is 31.9. The Bertz CT molecular complexity index is 7240. The smallest absolute Gasteiger partial charge is 0.217 e. The van der Waals surface area contributed by atoms with Crippen molar-refractivity contribution in [3.8, 4) is 0 Å². The molecule has 0 unspecified atom stereocenters. The predicted molar refractivity (Wildman–Crippen MR) is 330 cm³/mol. The summed E-state index contributed by atoms with van der Waals surface area (Å²) in [5.74, 6) is -2.35. The lowest BCUT2D eigenvalue weighted by Crippen LogP contribution is -2.71. The molecular formula is C73H12Cl4O2. The number of hydrogen-bond acceptors (Lipinski definition) is 2. The van der Waals surface area contributed by atoms with Gasteiger partial charge in [-0.15, -0.1) is 23.2 Å². The quantitative estimate of drug-likeness (QED) is 0.0743. The van der Waals surface area contributed by atoms with Gasteiger partial charge in [0.15, 0.2) is 0 Å². The SMILES string of the molecule is COC1(OC)[C@@]2(Cl)C(Cl)=C(Cl)[C@]1(Cl)[C@H]1[C@@H]2[C@H]2C=C[C@@H]1C13c4c5c6c7c8c9c(c%10c%11c1c1c4c4c%12c5c5c6c6c8c8c%13c9c9c%10c%10c%11c%11c1c1c4c4c%12c%12c5c5c6c8c6c8c%13c9c9c%10c%10c%11c1c1c4c4c%12c5c6c5c8c9c%10c1c45)C723. The Balaban J connectivity index is 1.06. The number of methoxy groups -OCH3 is 2. The molecule has 0 saturated heterocycles. The fourth-order valence-electron chi connectivity index (χ4n) is 29.6. The summed E-state index contributed by atoms with van der Waals surface area (Å²) in [6.45, 7) is 0. The van der Waals surface area contributed by atoms with Crippen LogP contribution in [0.3, 0.4) is 0 Å². The second-order valence-electron chi connectivity index (χ2n) is 28.9. The van der Waals surface area contributed by atoms with Crippen molar-refractivity contribution in [3.05, 3.63) is 44.5 Å². The number of halogens is 4. The highest BCUT2D eigenvalue weighted by atomic mass is 35.5. The lowest BCUT2D eigenvalue weighted by atomic mass is 9.32. The molecule has 4 bridgehead atoms. The summed E-state index contributed by atoms with van der Waals surface area (Å²) in [4.78, 5) is -2.75. The third-order valence-electron chi connectivity index (χ3n) is 29.4. The Hall–Kier alpha value is -6.98. The first-order valence-corrected chi connectivity index (χ1v) is 30.4. The van der Waals surface area contributed by atoms with E-state index in [1.165, 1.54) is 0 Å². The van der Waals surface area contributed by atoms with Crippen molar-refractivity contribution in [3.63, 3.8) is 0 Å². The van der Waals surface area contributed by atoms with E-state index in [0.29, 0.717) is 10.1 Å². The highest BCUT2D eigenvalue weighted by Crippen LogP contribution is 2.92. The molecule has 2 saturated carbocycles. The second kappa shape index (κ2) is 7.26. The van der Waals surface area contributed by atoms with Crippen molar-refractivity contribution < 1.29 is 9.47 Å². The van der Waals surface area contributed by atoms with Gasteiger partial charge in [-0.3, -0.25) is 0 Å². The van der Waals surface area contributed by atoms with E-state index in [1.807, 2.05) is 0 Å². The maximum atomic E-state index is 8.78. The Kier molecular flexibility index (Phi) is 2.97. The van der Waals surface area contributed by atoms with Crippen LogP contribution < -0.4 is 0 Å². The molecule has 0 radical (unpaired) electrons. The maximum absolute atomic E-state index is 8.78. The summed E-state index contributed by atoms with van der Waals surface area (Å²) < 4.78 is 13.8. The molecule has 28 aromatic carbocycles. The van der Waals surface area contributed by atoms with Crippen molar-refractivity contribution in [2.24, 2.45) is 23.7 Å². The van der Waals surface area contributed by atoms with Gasteiger partial charge < -0.3 is 9.47 Å². The summed E-state index contributed by atoms with van der Waals surface area (Å²) in [6.07, 6.45) is 5.36. The molecule has 9 aliphatic carbocycles. The molecular weight excluding hydrogens is 1050 g/mol. The standard InChI is InChI=1S/C73H12Cl4O2/c1-78-73(79-2)71(76)61-5-3-4-6(62(61)72(73,77)68(75)67(71)74)70-65-55-47-37-27-19-11-8-7-9-13-15(11)23-29-21(13)31-25-17(9)18-10(7)14-16-12(8)20(19)28-34-24(16)30-22(14)32-26(18)36-35(25)45-39(31)49-43(29)51(41(47)33(23)27)59(65)57(49)63-53(45)54-46(36)40(32)50-44(30)52-42(34)48(38(28)37)56(55)66(70)60(52)58(50)64(54)69(5,63)70/h3-6,61-62H,1-2H3/t5-,6+,61+,62-,69?,70?,71+,72-. The minimum atomic E-state index is -1.53. The molecule has 79 heavy (non-hydrogen) atoms. The van der Waals surface area contributed by atoms with Crippen LogP contribution in [-0.2, 0) is 20.3 Å². The van der Waals surface area contributed by atoms with E-state index in [4.69, 9.17) is 55.9 Å². The Morgan fingerprint density at radius 1 is 0.253 bits per heavy atom. The van der Waals surface area contributed by atoms with Crippen LogP contribution in [0.5, 0.6) is 0 Å². The van der Waals surface area contributed by atoms with E-state index >= 15 is 0 Å². The third kappa shape index (κ3) is 1.69. The van der Waals surface area contributed by atoms with Gasteiger partial charge in [-0.25, -0.2) is 0 Å². The van der Waals surface area contributed by atoms with E-state index in [9.17, 15) is 0 Å². The zero-order valence-electron chi connectivity index (χ0n) is 40.3. The molecule has 344 valence electrons. The van der Waals surface area contributed by atoms with Gasteiger partial charge in [0, 0.05) is 36.9 Å². The highest BCUT2D eigenvalue weighted by Gasteiger charge is 2.92. The molecule has 6 heteroatoms. The van der Waals surface area contributed by atoms with E-state index in [2.05, 4.69) is 12.2 Å². The Labute approximate surface area is 452 Å². The van der Waals surface area contributed by atoms with Crippen LogP contribution in [0.1, 0.15) is 22.3 Å². The van der Waals surface area contributed by atoms with Gasteiger partial charge in [-0.05, 0) is 325 Å². The predicted octanol–water partition coefficient (Wildman–Crippen LogP) is 20.0. The summed E-state index contributed by atoms with van der Waals surface area (Å²) >= 11 is 33.4. The van der Waals surface area contributed by atoms with Crippen molar-refractivity contribution in [2.75, 3.05) is 14.2 Å². The van der Waals surface area contributed by atoms with Crippen LogP contribution in [0.15, 0.2) is 22.2 Å². The Morgan fingerprint density at radius 3 is 0.532 bits per heavy atom. The summed E-state index contributed by atoms with van der Waals surface area (Å²) in [7, 11) is 3.47. The first kappa shape index (κ1) is 32.3. The van der Waals surface area contributed by atoms with Crippen LogP contribution in [0, 0.1) is 23.7 Å². The second-order valence-corrected chi connectivity index (χ2v) is 30.9. The topological polar surface area (TPSA) is 18.5 Å². The van der Waals surface area contributed by atoms with Crippen LogP contribution in [0.4, 0.5) is 0 Å². The first-order valence-electron chi connectivity index (χ1n) is 28.9. The molecule has 2 fully saturated rings. The number of hydrogen-bond donors (Lipinski definition) is 0. The van der Waals surface area contributed by atoms with Crippen LogP contribution >= 0.6 is 46.4 Å². The maximum Gasteiger partial charge on any atom is 0.217 e. The number of fused-ring (bicyclic) bond motifs is 2. The number of benzene rings is 18. The van der Waals surface area contributed by atoms with Crippen LogP contribution in [-0.4, -0.2) is 29.8 Å². The Morgan fingerprint density at radius 2 is 0.392 bits per heavy atom. The average molecular weight is 1060 g/mol. The fraction of sp³-hybridized carbons (Fsp3) is 0.151. The highest BCUT2D eigenvalue weighted by molar-refractivity contribution is 6.82. The lowest BCUT2D eigenvalue weighted by Gasteiger charge is -2.70. The van der Waals surface area contributed by atoms with Crippen molar-refractivity contribution in [2.45, 2.75) is 26.4 Å². The molecule has 0 heterocycles. The van der Waals surface area contributed by atoms with Crippen molar-refractivity contribution >= 4 is 337 Å². The largest absolute Gasteiger partial charge is 0.350 e. The molecule has 9 aliphatic rings.